The van der Waals surface area contributed by atoms with Crippen molar-refractivity contribution in [2.24, 2.45) is 11.8 Å². The molecular formula is C19H26N2O5S. The summed E-state index contributed by atoms with van der Waals surface area (Å²) in [4.78, 5) is 26.5. The Hall–Kier alpha value is -1.93. The molecule has 0 radical (unpaired) electrons. The van der Waals surface area contributed by atoms with Crippen LogP contribution in [0.5, 0.6) is 0 Å². The van der Waals surface area contributed by atoms with Crippen LogP contribution in [0.25, 0.3) is 0 Å². The highest BCUT2D eigenvalue weighted by Crippen LogP contribution is 2.34. The second-order valence-electron chi connectivity index (χ2n) is 7.67. The highest BCUT2D eigenvalue weighted by molar-refractivity contribution is 7.89. The van der Waals surface area contributed by atoms with Crippen LogP contribution in [0.2, 0.25) is 0 Å². The normalized spacial score (nSPS) is 26.4. The third-order valence-corrected chi connectivity index (χ3v) is 7.44. The number of hydrogen-bond donors (Lipinski definition) is 1. The Bertz CT molecular complexity index is 809. The van der Waals surface area contributed by atoms with Gasteiger partial charge in [-0.25, -0.2) is 8.42 Å². The van der Waals surface area contributed by atoms with E-state index in [2.05, 4.69) is 0 Å². The number of benzene rings is 1. The zero-order chi connectivity index (χ0) is 19.8. The first kappa shape index (κ1) is 19.8. The van der Waals surface area contributed by atoms with Crippen molar-refractivity contribution in [3.05, 3.63) is 35.9 Å². The van der Waals surface area contributed by atoms with Crippen LogP contribution in [0, 0.1) is 11.8 Å². The summed E-state index contributed by atoms with van der Waals surface area (Å²) in [5.41, 5.74) is 0.884. The van der Waals surface area contributed by atoms with Gasteiger partial charge in [-0.2, -0.15) is 4.31 Å². The smallest absolute Gasteiger partial charge is 0.308 e. The fourth-order valence-electron chi connectivity index (χ4n) is 4.17. The van der Waals surface area contributed by atoms with Gasteiger partial charge in [0.25, 0.3) is 0 Å². The Morgan fingerprint density at radius 1 is 1.15 bits per heavy atom. The number of hydrogen-bond acceptors (Lipinski definition) is 4. The summed E-state index contributed by atoms with van der Waals surface area (Å²) in [5.74, 6) is -2.35. The topological polar surface area (TPSA) is 95.0 Å². The molecule has 3 atom stereocenters. The van der Waals surface area contributed by atoms with E-state index in [0.717, 1.165) is 5.56 Å². The third-order valence-electron chi connectivity index (χ3n) is 5.51. The van der Waals surface area contributed by atoms with Crippen molar-refractivity contribution in [2.75, 3.05) is 25.4 Å². The highest BCUT2D eigenvalue weighted by Gasteiger charge is 2.46. The molecule has 0 aromatic heterocycles. The zero-order valence-corrected chi connectivity index (χ0v) is 16.4. The van der Waals surface area contributed by atoms with E-state index in [1.807, 2.05) is 44.2 Å². The SMILES string of the molecule is CC(C)C(C(=O)N1C[C@H](C(=O)O)[C@H](c2ccccc2)C1)N1CCCS1(=O)=O. The average molecular weight is 394 g/mol. The Morgan fingerprint density at radius 2 is 1.81 bits per heavy atom. The fraction of sp³-hybridized carbons (Fsp3) is 0.579. The molecule has 2 saturated heterocycles. The summed E-state index contributed by atoms with van der Waals surface area (Å²) in [6.45, 7) is 4.39. The molecule has 8 heteroatoms. The van der Waals surface area contributed by atoms with Gasteiger partial charge in [-0.3, -0.25) is 9.59 Å². The van der Waals surface area contributed by atoms with Crippen molar-refractivity contribution in [2.45, 2.75) is 32.2 Å². The lowest BCUT2D eigenvalue weighted by molar-refractivity contribution is -0.142. The van der Waals surface area contributed by atoms with Crippen LogP contribution in [0.3, 0.4) is 0 Å². The van der Waals surface area contributed by atoms with E-state index in [0.29, 0.717) is 13.0 Å². The summed E-state index contributed by atoms with van der Waals surface area (Å²) in [6.07, 6.45) is 0.517. The lowest BCUT2D eigenvalue weighted by Gasteiger charge is -2.32. The van der Waals surface area contributed by atoms with Crippen LogP contribution < -0.4 is 0 Å². The number of carboxylic acid groups (broad SMARTS) is 1. The van der Waals surface area contributed by atoms with Crippen molar-refractivity contribution >= 4 is 21.9 Å². The number of nitrogens with zero attached hydrogens (tertiary/aromatic N) is 2. The molecule has 0 saturated carbocycles. The number of amides is 1. The monoisotopic (exact) mass is 394 g/mol. The van der Waals surface area contributed by atoms with E-state index in [4.69, 9.17) is 0 Å². The summed E-state index contributed by atoms with van der Waals surface area (Å²) in [5, 5.41) is 9.64. The maximum Gasteiger partial charge on any atom is 0.308 e. The molecule has 2 aliphatic rings. The predicted molar refractivity (Wildman–Crippen MR) is 101 cm³/mol. The van der Waals surface area contributed by atoms with Crippen LogP contribution in [0.1, 0.15) is 31.7 Å². The summed E-state index contributed by atoms with van der Waals surface area (Å²) >= 11 is 0. The van der Waals surface area contributed by atoms with Crippen molar-refractivity contribution in [1.29, 1.82) is 0 Å². The lowest BCUT2D eigenvalue weighted by atomic mass is 9.89. The Labute approximate surface area is 160 Å². The Balaban J connectivity index is 1.86. The van der Waals surface area contributed by atoms with Crippen molar-refractivity contribution < 1.29 is 23.1 Å². The van der Waals surface area contributed by atoms with E-state index in [-0.39, 0.29) is 36.6 Å². The van der Waals surface area contributed by atoms with Gasteiger partial charge in [-0.1, -0.05) is 44.2 Å². The van der Waals surface area contributed by atoms with Crippen LogP contribution in [-0.4, -0.2) is 66.0 Å². The molecule has 27 heavy (non-hydrogen) atoms. The quantitative estimate of drug-likeness (QED) is 0.814. The molecule has 2 aliphatic heterocycles. The molecule has 1 aromatic rings. The maximum absolute atomic E-state index is 13.2. The molecule has 0 bridgehead atoms. The number of carbonyl (C=O) groups excluding carboxylic acids is 1. The maximum atomic E-state index is 13.2. The van der Waals surface area contributed by atoms with E-state index in [1.54, 1.807) is 0 Å². The van der Waals surface area contributed by atoms with Crippen LogP contribution >= 0.6 is 0 Å². The second-order valence-corrected chi connectivity index (χ2v) is 9.72. The van der Waals surface area contributed by atoms with E-state index in [1.165, 1.54) is 9.21 Å². The van der Waals surface area contributed by atoms with E-state index in [9.17, 15) is 23.1 Å². The molecule has 148 valence electrons. The number of rotatable bonds is 5. The molecule has 3 rings (SSSR count). The van der Waals surface area contributed by atoms with Crippen molar-refractivity contribution in [3.63, 3.8) is 0 Å². The standard InChI is InChI=1S/C19H26N2O5S/c1-13(2)17(21-9-6-10-27(21,25)26)18(22)20-11-15(16(12-20)19(23)24)14-7-4-3-5-8-14/h3-5,7-8,13,15-17H,6,9-12H2,1-2H3,(H,23,24)/t15-,16-,17?/m0/s1. The molecule has 1 amide bonds. The predicted octanol–water partition coefficient (Wildman–Crippen LogP) is 1.37. The minimum absolute atomic E-state index is 0.0634. The van der Waals surface area contributed by atoms with Crippen molar-refractivity contribution in [3.8, 4) is 0 Å². The van der Waals surface area contributed by atoms with Crippen molar-refractivity contribution in [1.82, 2.24) is 9.21 Å². The summed E-state index contributed by atoms with van der Waals surface area (Å²) in [6, 6.07) is 8.54. The Kier molecular flexibility index (Phi) is 5.58. The third kappa shape index (κ3) is 3.87. The van der Waals surface area contributed by atoms with Gasteiger partial charge >= 0.3 is 5.97 Å². The van der Waals surface area contributed by atoms with Gasteiger partial charge in [0.15, 0.2) is 0 Å². The van der Waals surface area contributed by atoms with Crippen LogP contribution in [0.4, 0.5) is 0 Å². The molecule has 2 heterocycles. The number of sulfonamides is 1. The van der Waals surface area contributed by atoms with Crippen LogP contribution in [0.15, 0.2) is 30.3 Å². The number of likely N-dealkylation sites (tertiary alicyclic amines) is 1. The van der Waals surface area contributed by atoms with Crippen LogP contribution in [-0.2, 0) is 19.6 Å². The minimum Gasteiger partial charge on any atom is -0.481 e. The molecule has 0 aliphatic carbocycles. The second kappa shape index (κ2) is 7.59. The number of carbonyl (C=O) groups is 2. The largest absolute Gasteiger partial charge is 0.481 e. The van der Waals surface area contributed by atoms with Gasteiger partial charge in [-0.05, 0) is 17.9 Å². The molecule has 1 unspecified atom stereocenters. The molecule has 1 aromatic carbocycles. The van der Waals surface area contributed by atoms with Gasteiger partial charge in [0.05, 0.1) is 11.7 Å². The first-order valence-corrected chi connectivity index (χ1v) is 10.9. The average Bonchev–Trinajstić information content (AvgIpc) is 3.20. The van der Waals surface area contributed by atoms with Gasteiger partial charge < -0.3 is 10.0 Å². The molecule has 0 spiro atoms. The van der Waals surface area contributed by atoms with E-state index < -0.39 is 28.0 Å². The van der Waals surface area contributed by atoms with Gasteiger partial charge in [0, 0.05) is 25.6 Å². The fourth-order valence-corrected chi connectivity index (χ4v) is 5.99. The van der Waals surface area contributed by atoms with Gasteiger partial charge in [-0.15, -0.1) is 0 Å². The van der Waals surface area contributed by atoms with Gasteiger partial charge in [0.2, 0.25) is 15.9 Å². The summed E-state index contributed by atoms with van der Waals surface area (Å²) < 4.78 is 26.0. The molecule has 7 nitrogen and oxygen atoms in total. The first-order chi connectivity index (χ1) is 12.7. The number of carboxylic acids is 1. The molecule has 1 N–H and O–H groups in total. The lowest BCUT2D eigenvalue weighted by Crippen LogP contribution is -2.51. The molecular weight excluding hydrogens is 368 g/mol. The minimum atomic E-state index is -3.43. The molecule has 2 fully saturated rings. The first-order valence-electron chi connectivity index (χ1n) is 9.28. The number of aliphatic carboxylic acids is 1. The highest BCUT2D eigenvalue weighted by atomic mass is 32.2. The zero-order valence-electron chi connectivity index (χ0n) is 15.6. The van der Waals surface area contributed by atoms with E-state index >= 15 is 0 Å². The summed E-state index contributed by atoms with van der Waals surface area (Å²) in [7, 11) is -3.43. The Morgan fingerprint density at radius 3 is 2.33 bits per heavy atom. The van der Waals surface area contributed by atoms with Gasteiger partial charge in [0.1, 0.15) is 6.04 Å².